The first-order chi connectivity index (χ1) is 28.2. The van der Waals surface area contributed by atoms with E-state index in [4.69, 9.17) is 16.2 Å². The first kappa shape index (κ1) is 47.2. The third-order valence-electron chi connectivity index (χ3n) is 19.6. The molecule has 6 saturated carbocycles. The van der Waals surface area contributed by atoms with E-state index in [1.807, 2.05) is 0 Å². The summed E-state index contributed by atoms with van der Waals surface area (Å²) in [5.41, 5.74) is 8.90. The van der Waals surface area contributed by atoms with E-state index in [9.17, 15) is 19.5 Å². The molecule has 61 heavy (non-hydrogen) atoms. The number of carboxylic acid groups (broad SMARTS) is 1. The van der Waals surface area contributed by atoms with Gasteiger partial charge in [0.15, 0.2) is 0 Å². The molecular weight excluding hydrogens is 769 g/mol. The summed E-state index contributed by atoms with van der Waals surface area (Å²) < 4.78 is 6.20. The Bertz CT molecular complexity index is 1770. The highest BCUT2D eigenvalue weighted by molar-refractivity contribution is 5.86. The van der Waals surface area contributed by atoms with Crippen molar-refractivity contribution in [1.29, 1.82) is 0 Å². The lowest BCUT2D eigenvalue weighted by molar-refractivity contribution is -0.249. The van der Waals surface area contributed by atoms with Gasteiger partial charge >= 0.3 is 11.9 Å². The van der Waals surface area contributed by atoms with Crippen molar-refractivity contribution < 1.29 is 29.0 Å². The molecule has 7 aliphatic rings. The van der Waals surface area contributed by atoms with Gasteiger partial charge in [-0.2, -0.15) is 0 Å². The quantitative estimate of drug-likeness (QED) is 0.0404. The van der Waals surface area contributed by atoms with Crippen molar-refractivity contribution in [2.24, 2.45) is 95.8 Å². The lowest BCUT2D eigenvalue weighted by atomic mass is 9.32. The Morgan fingerprint density at radius 3 is 2.05 bits per heavy atom. The van der Waals surface area contributed by atoms with Crippen LogP contribution in [0.15, 0.2) is 17.3 Å². The van der Waals surface area contributed by atoms with Gasteiger partial charge in [-0.15, -0.1) is 5.10 Å². The minimum atomic E-state index is -1.16. The fourth-order valence-corrected chi connectivity index (χ4v) is 15.6. The molecule has 6 aliphatic carbocycles. The number of amides is 2. The summed E-state index contributed by atoms with van der Waals surface area (Å²) >= 11 is 0. The molecule has 1 heterocycles. The van der Waals surface area contributed by atoms with Crippen molar-refractivity contribution in [3.8, 4) is 0 Å². The zero-order chi connectivity index (χ0) is 45.3. The molecule has 0 bridgehead atoms. The minimum absolute atomic E-state index is 0.0193. The summed E-state index contributed by atoms with van der Waals surface area (Å²) in [4.78, 5) is 55.6. The highest BCUT2D eigenvalue weighted by atomic mass is 16.5. The van der Waals surface area contributed by atoms with E-state index in [0.717, 1.165) is 96.6 Å². The predicted molar refractivity (Wildman–Crippen MR) is 239 cm³/mol. The van der Waals surface area contributed by atoms with Gasteiger partial charge in [0.1, 0.15) is 6.10 Å². The number of piperidine rings is 1. The summed E-state index contributed by atoms with van der Waals surface area (Å²) in [7, 11) is 0. The molecule has 2 amide bonds. The van der Waals surface area contributed by atoms with Crippen LogP contribution in [-0.2, 0) is 23.9 Å². The number of nitrogens with two attached hydrogens (primary N) is 3. The zero-order valence-corrected chi connectivity index (χ0v) is 39.5. The number of rotatable bonds is 8. The SMILES string of the molecule is C=C(C)[C@@H]1CC[C@]2(C(=O)N[C@@H]3C[C@H](C(=O)N4CCCCC4)C3(C)C)CC[C@]3(C)C(CCC4[C@@]5(C)CC[C@H](OC(=O)CC(C)(C)C(=O)O)C(C)(C)C5CC[C@]43C)C12.NN=C(N)N. The van der Waals surface area contributed by atoms with E-state index in [2.05, 4.69) is 83.1 Å². The molecule has 12 atom stereocenters. The Balaban J connectivity index is 0.00000118. The van der Waals surface area contributed by atoms with Gasteiger partial charge in [0, 0.05) is 30.5 Å². The number of allylic oxidation sites excluding steroid dienone is 1. The molecule has 4 unspecified atom stereocenters. The van der Waals surface area contributed by atoms with Crippen molar-refractivity contribution in [2.75, 3.05) is 13.1 Å². The molecule has 12 nitrogen and oxygen atoms in total. The Hall–Kier alpha value is -3.31. The van der Waals surface area contributed by atoms with Gasteiger partial charge in [-0.1, -0.05) is 60.6 Å². The van der Waals surface area contributed by atoms with E-state index >= 15 is 4.79 Å². The maximum absolute atomic E-state index is 15.0. The number of carboxylic acids is 1. The van der Waals surface area contributed by atoms with Gasteiger partial charge in [0.2, 0.25) is 17.8 Å². The third kappa shape index (κ3) is 7.67. The molecule has 0 aromatic heterocycles. The number of ether oxygens (including phenoxy) is 1. The first-order valence-corrected chi connectivity index (χ1v) is 23.7. The second-order valence-corrected chi connectivity index (χ2v) is 23.6. The molecule has 7 rings (SSSR count). The fraction of sp³-hybridized carbons (Fsp3) is 0.857. The van der Waals surface area contributed by atoms with Crippen molar-refractivity contribution in [2.45, 2.75) is 178 Å². The summed E-state index contributed by atoms with van der Waals surface area (Å²) in [6.45, 7) is 28.5. The maximum atomic E-state index is 15.0. The monoisotopic (exact) mass is 851 g/mol. The number of hydrogen-bond donors (Lipinski definition) is 5. The Kier molecular flexibility index (Phi) is 12.6. The molecule has 1 aliphatic heterocycles. The number of guanidine groups is 1. The van der Waals surface area contributed by atoms with Crippen LogP contribution in [0.5, 0.6) is 0 Å². The van der Waals surface area contributed by atoms with Crippen molar-refractivity contribution in [1.82, 2.24) is 10.2 Å². The van der Waals surface area contributed by atoms with Crippen LogP contribution in [-0.4, -0.2) is 65.0 Å². The average Bonchev–Trinajstić information content (AvgIpc) is 3.59. The summed E-state index contributed by atoms with van der Waals surface area (Å²) in [5.74, 6) is 5.54. The van der Waals surface area contributed by atoms with Crippen LogP contribution < -0.4 is 22.6 Å². The molecular formula is C49H82N6O6. The molecule has 8 N–H and O–H groups in total. The number of hydrogen-bond acceptors (Lipinski definition) is 7. The van der Waals surface area contributed by atoms with Crippen LogP contribution in [0.4, 0.5) is 0 Å². The highest BCUT2D eigenvalue weighted by Crippen LogP contribution is 2.77. The number of nitrogens with one attached hydrogen (secondary N) is 1. The van der Waals surface area contributed by atoms with E-state index in [-0.39, 0.29) is 69.3 Å². The molecule has 12 heteroatoms. The number of likely N-dealkylation sites (tertiary alicyclic amines) is 1. The van der Waals surface area contributed by atoms with Crippen LogP contribution in [0.1, 0.15) is 166 Å². The molecule has 0 radical (unpaired) electrons. The Labute approximate surface area is 366 Å². The Morgan fingerprint density at radius 1 is 0.836 bits per heavy atom. The second kappa shape index (κ2) is 16.4. The van der Waals surface area contributed by atoms with E-state index < -0.39 is 22.8 Å². The second-order valence-electron chi connectivity index (χ2n) is 23.6. The third-order valence-corrected chi connectivity index (χ3v) is 19.6. The fourth-order valence-electron chi connectivity index (χ4n) is 15.6. The van der Waals surface area contributed by atoms with Crippen molar-refractivity contribution in [3.63, 3.8) is 0 Å². The predicted octanol–water partition coefficient (Wildman–Crippen LogP) is 7.73. The summed E-state index contributed by atoms with van der Waals surface area (Å²) in [6, 6.07) is 0.0193. The van der Waals surface area contributed by atoms with Crippen LogP contribution in [0.25, 0.3) is 0 Å². The highest BCUT2D eigenvalue weighted by Gasteiger charge is 2.72. The zero-order valence-electron chi connectivity index (χ0n) is 39.5. The largest absolute Gasteiger partial charge is 0.481 e. The van der Waals surface area contributed by atoms with Gasteiger partial charge in [0.25, 0.3) is 0 Å². The first-order valence-electron chi connectivity index (χ1n) is 23.7. The molecule has 0 spiro atoms. The lowest BCUT2D eigenvalue weighted by Gasteiger charge is -2.73. The number of aliphatic carboxylic acids is 1. The number of hydrazone groups is 1. The average molecular weight is 851 g/mol. The van der Waals surface area contributed by atoms with Crippen molar-refractivity contribution >= 4 is 29.7 Å². The summed E-state index contributed by atoms with van der Waals surface area (Å²) in [6.07, 6.45) is 14.0. The molecule has 344 valence electrons. The van der Waals surface area contributed by atoms with E-state index in [1.54, 1.807) is 13.8 Å². The molecule has 0 aromatic carbocycles. The van der Waals surface area contributed by atoms with Gasteiger partial charge in [-0.05, 0) is 162 Å². The van der Waals surface area contributed by atoms with Crippen LogP contribution in [0, 0.1) is 73.4 Å². The maximum Gasteiger partial charge on any atom is 0.309 e. The van der Waals surface area contributed by atoms with Gasteiger partial charge in [-0.25, -0.2) is 0 Å². The van der Waals surface area contributed by atoms with Crippen molar-refractivity contribution in [3.05, 3.63) is 12.2 Å². The number of fused-ring (bicyclic) bond motifs is 7. The van der Waals surface area contributed by atoms with Gasteiger partial charge in [0.05, 0.1) is 17.3 Å². The number of carbonyl (C=O) groups excluding carboxylic acids is 3. The summed E-state index contributed by atoms with van der Waals surface area (Å²) in [5, 5.41) is 16.1. The topological polar surface area (TPSA) is 203 Å². The van der Waals surface area contributed by atoms with E-state index in [0.29, 0.717) is 29.6 Å². The number of carbonyl (C=O) groups is 4. The van der Waals surface area contributed by atoms with Gasteiger partial charge < -0.3 is 37.4 Å². The smallest absolute Gasteiger partial charge is 0.309 e. The molecule has 0 aromatic rings. The molecule has 1 saturated heterocycles. The Morgan fingerprint density at radius 2 is 1.48 bits per heavy atom. The number of nitrogens with zero attached hydrogens (tertiary/aromatic N) is 2. The van der Waals surface area contributed by atoms with Gasteiger partial charge in [-0.3, -0.25) is 19.2 Å². The lowest BCUT2D eigenvalue weighted by Crippen LogP contribution is -2.68. The van der Waals surface area contributed by atoms with Crippen LogP contribution in [0.3, 0.4) is 0 Å². The molecule has 7 fully saturated rings. The standard InChI is InChI=1S/C48H76N2O6.CH6N4/c1-29(2)30-17-22-48(40(53)49-35-27-32(43(35,5)6)39(52)50-25-13-12-14-26-50)24-23-46(10)31(38(30)48)15-16-34-45(9)20-19-36(56-37(51)28-42(3,4)41(54)55)44(7,8)33(45)18-21-47(34,46)11;2-1(3)5-4/h30-36,38H,1,12-28H2,2-11H3,(H,49,53)(H,54,55);4H2,(H4,2,3,5)/t30-,31?,32+,33?,34?,35+,36-,38?,45-,46+,47+,48-;/m0./s1. The minimum Gasteiger partial charge on any atom is -0.481 e. The number of esters is 1. The normalized spacial score (nSPS) is 40.7. The van der Waals surface area contributed by atoms with E-state index in [1.165, 1.54) is 12.0 Å². The van der Waals surface area contributed by atoms with Crippen LogP contribution in [0.2, 0.25) is 0 Å². The van der Waals surface area contributed by atoms with Crippen LogP contribution >= 0.6 is 0 Å².